The zero-order valence-electron chi connectivity index (χ0n) is 24.4. The number of nitrogens with one attached hydrogen (secondary N) is 3. The summed E-state index contributed by atoms with van der Waals surface area (Å²) in [7, 11) is 0. The molecule has 4 N–H and O–H groups in total. The number of carboxylic acids is 1. The molecule has 0 spiro atoms. The topological polar surface area (TPSA) is 154 Å². The van der Waals surface area contributed by atoms with Crippen LogP contribution in [-0.4, -0.2) is 75.9 Å². The van der Waals surface area contributed by atoms with Crippen LogP contribution in [0, 0.1) is 11.8 Å². The van der Waals surface area contributed by atoms with Crippen LogP contribution < -0.4 is 20.7 Å². The lowest BCUT2D eigenvalue weighted by molar-refractivity contribution is -0.146. The molecule has 1 saturated heterocycles. The third kappa shape index (κ3) is 7.53. The molecule has 42 heavy (non-hydrogen) atoms. The second-order valence-corrected chi connectivity index (χ2v) is 12.6. The third-order valence-electron chi connectivity index (χ3n) is 8.48. The van der Waals surface area contributed by atoms with Crippen molar-refractivity contribution in [3.05, 3.63) is 29.3 Å². The average Bonchev–Trinajstić information content (AvgIpc) is 3.61. The molecular formula is C30H41ClN4O7. The molecule has 3 aliphatic rings. The van der Waals surface area contributed by atoms with E-state index in [0.717, 1.165) is 32.1 Å². The van der Waals surface area contributed by atoms with Gasteiger partial charge in [-0.25, -0.2) is 4.79 Å². The zero-order chi connectivity index (χ0) is 30.6. The molecule has 4 atom stereocenters. The SMILES string of the molecule is CC(=O)N[C@H](C(=O)N[C@H](C(=O)N1C[C@H](Oc2ccc(Cl)cc2)CC1C(=O)NC1(C(=O)O)CC1)C(C)C)C1CCCCC1. The molecule has 1 aliphatic heterocycles. The smallest absolute Gasteiger partial charge is 0.329 e. The molecule has 0 aromatic heterocycles. The van der Waals surface area contributed by atoms with Gasteiger partial charge in [0.15, 0.2) is 0 Å². The quantitative estimate of drug-likeness (QED) is 0.303. The van der Waals surface area contributed by atoms with Crippen molar-refractivity contribution in [3.63, 3.8) is 0 Å². The maximum absolute atomic E-state index is 14.1. The molecule has 0 bridgehead atoms. The standard InChI is InChI=1S/C30H41ClN4O7/c1-17(2)24(33-27(38)25(32-18(3)36)19-7-5-4-6-8-19)28(39)35-16-22(42-21-11-9-20(31)10-12-21)15-23(35)26(37)34-30(13-14-30)29(40)41/h9-12,17,19,22-25H,4-8,13-16H2,1-3H3,(H,32,36)(H,33,38)(H,34,37)(H,40,41)/t22-,23?,24+,25+/m1/s1. The first kappa shape index (κ1) is 31.6. The molecule has 4 rings (SSSR count). The van der Waals surface area contributed by atoms with E-state index in [-0.39, 0.29) is 30.7 Å². The van der Waals surface area contributed by atoms with Gasteiger partial charge in [-0.15, -0.1) is 0 Å². The van der Waals surface area contributed by atoms with Crippen LogP contribution in [0.4, 0.5) is 0 Å². The number of ether oxygens (including phenoxy) is 1. The number of aliphatic carboxylic acids is 1. The second-order valence-electron chi connectivity index (χ2n) is 12.1. The number of likely N-dealkylation sites (tertiary alicyclic amines) is 1. The molecule has 1 heterocycles. The summed E-state index contributed by atoms with van der Waals surface area (Å²) in [6.07, 6.45) is 4.86. The first-order valence-electron chi connectivity index (χ1n) is 14.8. The lowest BCUT2D eigenvalue weighted by atomic mass is 9.83. The van der Waals surface area contributed by atoms with Crippen molar-refractivity contribution in [1.82, 2.24) is 20.9 Å². The largest absolute Gasteiger partial charge is 0.488 e. The Labute approximate surface area is 251 Å². The molecule has 3 fully saturated rings. The minimum absolute atomic E-state index is 0.0289. The van der Waals surface area contributed by atoms with Crippen LogP contribution in [0.3, 0.4) is 0 Å². The Morgan fingerprint density at radius 1 is 1.02 bits per heavy atom. The van der Waals surface area contributed by atoms with Gasteiger partial charge in [0.2, 0.25) is 23.6 Å². The van der Waals surface area contributed by atoms with Crippen LogP contribution in [-0.2, 0) is 24.0 Å². The number of halogens is 1. The van der Waals surface area contributed by atoms with E-state index >= 15 is 0 Å². The van der Waals surface area contributed by atoms with Crippen LogP contribution in [0.25, 0.3) is 0 Å². The van der Waals surface area contributed by atoms with Gasteiger partial charge in [0.05, 0.1) is 6.54 Å². The zero-order valence-corrected chi connectivity index (χ0v) is 25.1. The first-order chi connectivity index (χ1) is 19.9. The molecule has 1 aromatic rings. The number of nitrogens with zero attached hydrogens (tertiary/aromatic N) is 1. The Kier molecular flexibility index (Phi) is 10.0. The van der Waals surface area contributed by atoms with Gasteiger partial charge < -0.3 is 30.7 Å². The number of carboxylic acid groups (broad SMARTS) is 1. The highest BCUT2D eigenvalue weighted by Crippen LogP contribution is 2.36. The fourth-order valence-corrected chi connectivity index (χ4v) is 6.06. The van der Waals surface area contributed by atoms with Gasteiger partial charge >= 0.3 is 5.97 Å². The van der Waals surface area contributed by atoms with E-state index in [4.69, 9.17) is 16.3 Å². The van der Waals surface area contributed by atoms with E-state index in [9.17, 15) is 29.1 Å². The van der Waals surface area contributed by atoms with E-state index in [1.165, 1.54) is 11.8 Å². The van der Waals surface area contributed by atoms with E-state index < -0.39 is 53.5 Å². The number of hydrogen-bond acceptors (Lipinski definition) is 6. The summed E-state index contributed by atoms with van der Waals surface area (Å²) in [4.78, 5) is 66.2. The van der Waals surface area contributed by atoms with Crippen molar-refractivity contribution in [2.75, 3.05) is 6.54 Å². The highest BCUT2D eigenvalue weighted by atomic mass is 35.5. The summed E-state index contributed by atoms with van der Waals surface area (Å²) in [6, 6.07) is 3.99. The Balaban J connectivity index is 1.54. The van der Waals surface area contributed by atoms with Crippen molar-refractivity contribution in [1.29, 1.82) is 0 Å². The van der Waals surface area contributed by atoms with Gasteiger partial charge in [0, 0.05) is 18.4 Å². The number of rotatable bonds is 11. The molecule has 0 radical (unpaired) electrons. The van der Waals surface area contributed by atoms with Crippen molar-refractivity contribution in [2.24, 2.45) is 11.8 Å². The monoisotopic (exact) mass is 604 g/mol. The molecule has 12 heteroatoms. The number of amides is 4. The number of benzene rings is 1. The first-order valence-corrected chi connectivity index (χ1v) is 15.1. The van der Waals surface area contributed by atoms with Crippen LogP contribution in [0.15, 0.2) is 24.3 Å². The molecule has 230 valence electrons. The van der Waals surface area contributed by atoms with Crippen molar-refractivity contribution in [3.8, 4) is 5.75 Å². The average molecular weight is 605 g/mol. The second kappa shape index (κ2) is 13.3. The highest BCUT2D eigenvalue weighted by molar-refractivity contribution is 6.30. The van der Waals surface area contributed by atoms with E-state index in [0.29, 0.717) is 23.6 Å². The van der Waals surface area contributed by atoms with E-state index in [2.05, 4.69) is 16.0 Å². The molecule has 1 aromatic carbocycles. The maximum Gasteiger partial charge on any atom is 0.329 e. The lowest BCUT2D eigenvalue weighted by Gasteiger charge is -2.34. The summed E-state index contributed by atoms with van der Waals surface area (Å²) in [6.45, 7) is 5.03. The molecule has 4 amide bonds. The molecule has 2 saturated carbocycles. The predicted octanol–water partition coefficient (Wildman–Crippen LogP) is 2.65. The summed E-state index contributed by atoms with van der Waals surface area (Å²) in [5.74, 6) is -2.75. The van der Waals surface area contributed by atoms with Gasteiger partial charge in [-0.1, -0.05) is 44.7 Å². The van der Waals surface area contributed by atoms with Crippen LogP contribution in [0.5, 0.6) is 5.75 Å². The minimum Gasteiger partial charge on any atom is -0.488 e. The van der Waals surface area contributed by atoms with E-state index in [1.54, 1.807) is 38.1 Å². The summed E-state index contributed by atoms with van der Waals surface area (Å²) < 4.78 is 6.08. The third-order valence-corrected chi connectivity index (χ3v) is 8.73. The van der Waals surface area contributed by atoms with Crippen molar-refractivity contribution < 1.29 is 33.8 Å². The molecule has 2 aliphatic carbocycles. The van der Waals surface area contributed by atoms with Crippen LogP contribution >= 0.6 is 11.6 Å². The fraction of sp³-hybridized carbons (Fsp3) is 0.633. The van der Waals surface area contributed by atoms with Crippen LogP contribution in [0.2, 0.25) is 5.02 Å². The Hall–Kier alpha value is -3.34. The normalized spacial score (nSPS) is 23.0. The fourth-order valence-electron chi connectivity index (χ4n) is 5.94. The van der Waals surface area contributed by atoms with Gasteiger partial charge in [-0.2, -0.15) is 0 Å². The Bertz CT molecular complexity index is 1180. The summed E-state index contributed by atoms with van der Waals surface area (Å²) in [5, 5.41) is 18.4. The predicted molar refractivity (Wildman–Crippen MR) is 155 cm³/mol. The Morgan fingerprint density at radius 3 is 2.21 bits per heavy atom. The highest BCUT2D eigenvalue weighted by Gasteiger charge is 2.54. The van der Waals surface area contributed by atoms with E-state index in [1.807, 2.05) is 0 Å². The van der Waals surface area contributed by atoms with Crippen molar-refractivity contribution in [2.45, 2.75) is 102 Å². The van der Waals surface area contributed by atoms with Gasteiger partial charge in [-0.3, -0.25) is 19.2 Å². The van der Waals surface area contributed by atoms with Gasteiger partial charge in [-0.05, 0) is 61.8 Å². The number of hydrogen-bond donors (Lipinski definition) is 4. The number of carbonyl (C=O) groups excluding carboxylic acids is 4. The van der Waals surface area contributed by atoms with Crippen LogP contribution in [0.1, 0.15) is 72.1 Å². The van der Waals surface area contributed by atoms with Gasteiger partial charge in [0.1, 0.15) is 35.5 Å². The summed E-state index contributed by atoms with van der Waals surface area (Å²) in [5.41, 5.74) is -1.32. The minimum atomic E-state index is -1.32. The van der Waals surface area contributed by atoms with Gasteiger partial charge in [0.25, 0.3) is 0 Å². The molecular weight excluding hydrogens is 564 g/mol. The van der Waals surface area contributed by atoms with Crippen molar-refractivity contribution >= 4 is 41.2 Å². The Morgan fingerprint density at radius 2 is 1.67 bits per heavy atom. The number of carbonyl (C=O) groups is 5. The lowest BCUT2D eigenvalue weighted by Crippen LogP contribution is -2.60. The maximum atomic E-state index is 14.1. The molecule has 11 nitrogen and oxygen atoms in total. The molecule has 1 unspecified atom stereocenters. The summed E-state index contributed by atoms with van der Waals surface area (Å²) >= 11 is 5.99.